The number of rotatable bonds is 12. The van der Waals surface area contributed by atoms with Gasteiger partial charge in [-0.25, -0.2) is 4.79 Å². The highest BCUT2D eigenvalue weighted by molar-refractivity contribution is 6.31. The third kappa shape index (κ3) is 8.12. The number of nitrogens with one attached hydrogen (secondary N) is 1. The van der Waals surface area contributed by atoms with E-state index in [2.05, 4.69) is 17.4 Å². The smallest absolute Gasteiger partial charge is 0.344 e. The molecular weight excluding hydrogens is 454 g/mol. The van der Waals surface area contributed by atoms with Gasteiger partial charge in [0, 0.05) is 10.6 Å². The first kappa shape index (κ1) is 25.1. The van der Waals surface area contributed by atoms with E-state index in [0.29, 0.717) is 34.4 Å². The Balaban J connectivity index is 1.49. The third-order valence-corrected chi connectivity index (χ3v) is 5.16. The fourth-order valence-electron chi connectivity index (χ4n) is 3.23. The quantitative estimate of drug-likeness (QED) is 0.256. The first-order valence-corrected chi connectivity index (χ1v) is 11.6. The number of benzene rings is 3. The SMILES string of the molecule is CCOC(=O)COc1ccc(Cl)cc1NC(=O)c1ccc(OCCCCc2ccccc2)cc1. The van der Waals surface area contributed by atoms with E-state index in [1.807, 2.05) is 18.2 Å². The second kappa shape index (κ2) is 13.3. The number of carbonyl (C=O) groups excluding carboxylic acids is 2. The van der Waals surface area contributed by atoms with Crippen molar-refractivity contribution in [3.63, 3.8) is 0 Å². The molecule has 34 heavy (non-hydrogen) atoms. The topological polar surface area (TPSA) is 73.9 Å². The average Bonchev–Trinajstić information content (AvgIpc) is 2.84. The maximum atomic E-state index is 12.7. The lowest BCUT2D eigenvalue weighted by Crippen LogP contribution is -2.17. The highest BCUT2D eigenvalue weighted by atomic mass is 35.5. The van der Waals surface area contributed by atoms with Crippen molar-refractivity contribution in [1.29, 1.82) is 0 Å². The Labute approximate surface area is 204 Å². The number of carbonyl (C=O) groups is 2. The number of amides is 1. The Bertz CT molecular complexity index is 1070. The Morgan fingerprint density at radius 3 is 2.41 bits per heavy atom. The second-order valence-electron chi connectivity index (χ2n) is 7.50. The van der Waals surface area contributed by atoms with Gasteiger partial charge in [-0.3, -0.25) is 4.79 Å². The van der Waals surface area contributed by atoms with Crippen molar-refractivity contribution >= 4 is 29.2 Å². The fraction of sp³-hybridized carbons (Fsp3) is 0.259. The largest absolute Gasteiger partial charge is 0.494 e. The minimum absolute atomic E-state index is 0.264. The van der Waals surface area contributed by atoms with E-state index in [1.54, 1.807) is 49.4 Å². The lowest BCUT2D eigenvalue weighted by atomic mass is 10.1. The molecule has 6 nitrogen and oxygen atoms in total. The van der Waals surface area contributed by atoms with Crippen molar-refractivity contribution in [2.24, 2.45) is 0 Å². The predicted octanol–water partition coefficient (Wildman–Crippen LogP) is 5.94. The number of halogens is 1. The van der Waals surface area contributed by atoms with Crippen molar-refractivity contribution in [3.8, 4) is 11.5 Å². The van der Waals surface area contributed by atoms with Crippen molar-refractivity contribution in [2.45, 2.75) is 26.2 Å². The van der Waals surface area contributed by atoms with Crippen LogP contribution in [0.3, 0.4) is 0 Å². The molecule has 0 fully saturated rings. The van der Waals surface area contributed by atoms with Gasteiger partial charge in [-0.1, -0.05) is 41.9 Å². The van der Waals surface area contributed by atoms with E-state index in [4.69, 9.17) is 25.8 Å². The Kier molecular flexibility index (Phi) is 9.80. The molecule has 0 aliphatic carbocycles. The van der Waals surface area contributed by atoms with Gasteiger partial charge in [0.1, 0.15) is 11.5 Å². The summed E-state index contributed by atoms with van der Waals surface area (Å²) in [6.45, 7) is 2.33. The van der Waals surface area contributed by atoms with Crippen LogP contribution in [-0.2, 0) is 16.0 Å². The van der Waals surface area contributed by atoms with Crippen LogP contribution >= 0.6 is 11.6 Å². The van der Waals surface area contributed by atoms with Crippen LogP contribution in [0.5, 0.6) is 11.5 Å². The molecule has 0 aliphatic heterocycles. The van der Waals surface area contributed by atoms with Crippen LogP contribution in [0.25, 0.3) is 0 Å². The van der Waals surface area contributed by atoms with Crippen molar-refractivity contribution in [2.75, 3.05) is 25.1 Å². The summed E-state index contributed by atoms with van der Waals surface area (Å²) in [7, 11) is 0. The maximum absolute atomic E-state index is 12.7. The summed E-state index contributed by atoms with van der Waals surface area (Å²) < 4.78 is 16.1. The van der Waals surface area contributed by atoms with Gasteiger partial charge in [-0.15, -0.1) is 0 Å². The molecule has 0 spiro atoms. The number of anilines is 1. The normalized spacial score (nSPS) is 10.4. The molecular formula is C27H28ClNO5. The highest BCUT2D eigenvalue weighted by Gasteiger charge is 2.13. The Hall–Kier alpha value is -3.51. The number of hydrogen-bond donors (Lipinski definition) is 1. The van der Waals surface area contributed by atoms with E-state index in [-0.39, 0.29) is 19.1 Å². The molecule has 1 amide bonds. The summed E-state index contributed by atoms with van der Waals surface area (Å²) in [5.74, 6) is 0.196. The van der Waals surface area contributed by atoms with Crippen molar-refractivity contribution in [1.82, 2.24) is 0 Å². The molecule has 0 bridgehead atoms. The summed E-state index contributed by atoms with van der Waals surface area (Å²) in [5, 5.41) is 3.20. The minimum Gasteiger partial charge on any atom is -0.494 e. The van der Waals surface area contributed by atoms with Gasteiger partial charge < -0.3 is 19.5 Å². The van der Waals surface area contributed by atoms with Crippen LogP contribution in [-0.4, -0.2) is 31.7 Å². The Morgan fingerprint density at radius 1 is 0.912 bits per heavy atom. The van der Waals surface area contributed by atoms with Crippen LogP contribution in [0.1, 0.15) is 35.7 Å². The summed E-state index contributed by atoms with van der Waals surface area (Å²) >= 11 is 6.07. The van der Waals surface area contributed by atoms with Gasteiger partial charge in [0.25, 0.3) is 5.91 Å². The van der Waals surface area contributed by atoms with Gasteiger partial charge in [0.2, 0.25) is 0 Å². The minimum atomic E-state index is -0.495. The molecule has 0 heterocycles. The number of ether oxygens (including phenoxy) is 3. The number of hydrogen-bond acceptors (Lipinski definition) is 5. The molecule has 178 valence electrons. The van der Waals surface area contributed by atoms with E-state index < -0.39 is 5.97 Å². The summed E-state index contributed by atoms with van der Waals surface area (Å²) in [6, 6.07) is 22.1. The molecule has 3 aromatic rings. The lowest BCUT2D eigenvalue weighted by molar-refractivity contribution is -0.145. The molecule has 3 aromatic carbocycles. The third-order valence-electron chi connectivity index (χ3n) is 4.93. The maximum Gasteiger partial charge on any atom is 0.344 e. The second-order valence-corrected chi connectivity index (χ2v) is 7.94. The molecule has 0 saturated heterocycles. The fourth-order valence-corrected chi connectivity index (χ4v) is 3.40. The van der Waals surface area contributed by atoms with Crippen LogP contribution < -0.4 is 14.8 Å². The molecule has 0 aromatic heterocycles. The van der Waals surface area contributed by atoms with E-state index in [1.165, 1.54) is 5.56 Å². The molecule has 0 aliphatic rings. The Morgan fingerprint density at radius 2 is 1.68 bits per heavy atom. The van der Waals surface area contributed by atoms with Crippen molar-refractivity contribution in [3.05, 3.63) is 88.9 Å². The monoisotopic (exact) mass is 481 g/mol. The van der Waals surface area contributed by atoms with Crippen LogP contribution in [0, 0.1) is 0 Å². The molecule has 0 atom stereocenters. The lowest BCUT2D eigenvalue weighted by Gasteiger charge is -2.13. The molecule has 1 N–H and O–H groups in total. The summed E-state index contributed by atoms with van der Waals surface area (Å²) in [5.41, 5.74) is 2.14. The molecule has 7 heteroatoms. The average molecular weight is 482 g/mol. The molecule has 0 radical (unpaired) electrons. The van der Waals surface area contributed by atoms with Gasteiger partial charge in [-0.05, 0) is 74.2 Å². The zero-order valence-electron chi connectivity index (χ0n) is 19.1. The van der Waals surface area contributed by atoms with Gasteiger partial charge >= 0.3 is 5.97 Å². The van der Waals surface area contributed by atoms with Crippen LogP contribution in [0.15, 0.2) is 72.8 Å². The first-order chi connectivity index (χ1) is 16.5. The molecule has 0 saturated carbocycles. The van der Waals surface area contributed by atoms with Crippen LogP contribution in [0.2, 0.25) is 5.02 Å². The standard InChI is InChI=1S/C27H28ClNO5/c1-2-32-26(30)19-34-25-16-13-22(28)18-24(25)29-27(31)21-11-14-23(15-12-21)33-17-7-6-10-20-8-4-3-5-9-20/h3-5,8-9,11-16,18H,2,6-7,10,17,19H2,1H3,(H,29,31). The molecule has 3 rings (SSSR count). The van der Waals surface area contributed by atoms with Gasteiger partial charge in [0.05, 0.1) is 18.9 Å². The van der Waals surface area contributed by atoms with Crippen LogP contribution in [0.4, 0.5) is 5.69 Å². The number of unbranched alkanes of at least 4 members (excludes halogenated alkanes) is 1. The zero-order valence-corrected chi connectivity index (χ0v) is 19.8. The van der Waals surface area contributed by atoms with Gasteiger partial charge in [0.15, 0.2) is 6.61 Å². The zero-order chi connectivity index (χ0) is 24.2. The van der Waals surface area contributed by atoms with E-state index in [9.17, 15) is 9.59 Å². The highest BCUT2D eigenvalue weighted by Crippen LogP contribution is 2.29. The van der Waals surface area contributed by atoms with E-state index >= 15 is 0 Å². The predicted molar refractivity (Wildman–Crippen MR) is 133 cm³/mol. The van der Waals surface area contributed by atoms with Gasteiger partial charge in [-0.2, -0.15) is 0 Å². The molecule has 0 unspecified atom stereocenters. The summed E-state index contributed by atoms with van der Waals surface area (Å²) in [4.78, 5) is 24.3. The number of esters is 1. The van der Waals surface area contributed by atoms with E-state index in [0.717, 1.165) is 19.3 Å². The van der Waals surface area contributed by atoms with Crippen molar-refractivity contribution < 1.29 is 23.8 Å². The summed E-state index contributed by atoms with van der Waals surface area (Å²) in [6.07, 6.45) is 3.02. The number of aryl methyl sites for hydroxylation is 1. The first-order valence-electron chi connectivity index (χ1n) is 11.2.